The minimum Gasteiger partial charge on any atom is -0.444 e. The van der Waals surface area contributed by atoms with Crippen LogP contribution in [0.25, 0.3) is 0 Å². The third-order valence-electron chi connectivity index (χ3n) is 3.10. The van der Waals surface area contributed by atoms with E-state index in [0.29, 0.717) is 13.1 Å². The molecule has 0 spiro atoms. The van der Waals surface area contributed by atoms with Crippen LogP contribution in [0.3, 0.4) is 0 Å². The van der Waals surface area contributed by atoms with Crippen LogP contribution in [0.5, 0.6) is 0 Å². The van der Waals surface area contributed by atoms with Gasteiger partial charge in [0.1, 0.15) is 18.0 Å². The highest BCUT2D eigenvalue weighted by molar-refractivity contribution is 5.68. The fraction of sp³-hybridized carbons (Fsp3) is 0.692. The summed E-state index contributed by atoms with van der Waals surface area (Å²) in [4.78, 5) is 17.5. The van der Waals surface area contributed by atoms with Crippen molar-refractivity contribution in [3.8, 4) is 6.07 Å². The standard InChI is InChI=1S/C13H19N5O2/c1-13(2,3)20-12(19)17-6-4-10(5-7-17)18-9-15-11(8-14)16-18/h9-10H,4-7H2,1-3H3. The normalized spacial score (nSPS) is 16.8. The number of carbonyl (C=O) groups is 1. The molecule has 0 N–H and O–H groups in total. The molecule has 0 radical (unpaired) electrons. The zero-order valence-corrected chi connectivity index (χ0v) is 12.0. The summed E-state index contributed by atoms with van der Waals surface area (Å²) in [5.74, 6) is 0.180. The van der Waals surface area contributed by atoms with Crippen LogP contribution in [0.4, 0.5) is 4.79 Å². The molecular weight excluding hydrogens is 258 g/mol. The molecule has 108 valence electrons. The molecule has 1 aliphatic rings. The Kier molecular flexibility index (Phi) is 3.93. The molecule has 0 unspecified atom stereocenters. The molecule has 0 aliphatic carbocycles. The highest BCUT2D eigenvalue weighted by Crippen LogP contribution is 2.22. The second-order valence-corrected chi connectivity index (χ2v) is 5.86. The Morgan fingerprint density at radius 2 is 2.10 bits per heavy atom. The Labute approximate surface area is 118 Å². The van der Waals surface area contributed by atoms with Crippen LogP contribution < -0.4 is 0 Å². The smallest absolute Gasteiger partial charge is 0.410 e. The molecule has 0 bridgehead atoms. The third kappa shape index (κ3) is 3.47. The van der Waals surface area contributed by atoms with Crippen molar-refractivity contribution in [1.29, 1.82) is 5.26 Å². The second kappa shape index (κ2) is 5.49. The molecule has 1 aromatic rings. The first-order valence-electron chi connectivity index (χ1n) is 6.68. The lowest BCUT2D eigenvalue weighted by Crippen LogP contribution is -2.42. The van der Waals surface area contributed by atoms with Crippen molar-refractivity contribution in [2.24, 2.45) is 0 Å². The zero-order chi connectivity index (χ0) is 14.8. The van der Waals surface area contributed by atoms with Gasteiger partial charge in [0.25, 0.3) is 5.82 Å². The van der Waals surface area contributed by atoms with Gasteiger partial charge in [-0.05, 0) is 33.6 Å². The van der Waals surface area contributed by atoms with Gasteiger partial charge in [0.05, 0.1) is 6.04 Å². The van der Waals surface area contributed by atoms with E-state index in [1.807, 2.05) is 26.8 Å². The van der Waals surface area contributed by atoms with E-state index in [2.05, 4.69) is 10.1 Å². The topological polar surface area (TPSA) is 84.0 Å². The summed E-state index contributed by atoms with van der Waals surface area (Å²) >= 11 is 0. The van der Waals surface area contributed by atoms with Crippen LogP contribution >= 0.6 is 0 Å². The number of hydrogen-bond acceptors (Lipinski definition) is 5. The van der Waals surface area contributed by atoms with Crippen LogP contribution in [0.15, 0.2) is 6.33 Å². The van der Waals surface area contributed by atoms with Gasteiger partial charge >= 0.3 is 6.09 Å². The van der Waals surface area contributed by atoms with E-state index in [-0.39, 0.29) is 18.0 Å². The molecule has 0 aromatic carbocycles. The van der Waals surface area contributed by atoms with Crippen molar-refractivity contribution in [3.05, 3.63) is 12.2 Å². The summed E-state index contributed by atoms with van der Waals surface area (Å²) in [6.07, 6.45) is 2.88. The van der Waals surface area contributed by atoms with Crippen molar-refractivity contribution in [2.75, 3.05) is 13.1 Å². The van der Waals surface area contributed by atoms with Crippen molar-refractivity contribution >= 4 is 6.09 Å². The molecule has 1 aliphatic heterocycles. The van der Waals surface area contributed by atoms with Crippen LogP contribution in [-0.4, -0.2) is 44.4 Å². The molecular formula is C13H19N5O2. The largest absolute Gasteiger partial charge is 0.444 e. The number of rotatable bonds is 1. The van der Waals surface area contributed by atoms with Crippen LogP contribution in [0.1, 0.15) is 45.5 Å². The Morgan fingerprint density at radius 3 is 2.60 bits per heavy atom. The Bertz CT molecular complexity index is 518. The summed E-state index contributed by atoms with van der Waals surface area (Å²) in [5.41, 5.74) is -0.471. The number of nitriles is 1. The summed E-state index contributed by atoms with van der Waals surface area (Å²) < 4.78 is 7.06. The van der Waals surface area contributed by atoms with E-state index in [9.17, 15) is 4.79 Å². The van der Waals surface area contributed by atoms with E-state index in [0.717, 1.165) is 12.8 Å². The fourth-order valence-electron chi connectivity index (χ4n) is 2.14. The van der Waals surface area contributed by atoms with Gasteiger partial charge in [0.2, 0.25) is 0 Å². The zero-order valence-electron chi connectivity index (χ0n) is 12.0. The van der Waals surface area contributed by atoms with Crippen molar-refractivity contribution in [1.82, 2.24) is 19.7 Å². The number of nitrogens with zero attached hydrogens (tertiary/aromatic N) is 5. The van der Waals surface area contributed by atoms with Gasteiger partial charge in [-0.3, -0.25) is 0 Å². The molecule has 1 saturated heterocycles. The van der Waals surface area contributed by atoms with Crippen molar-refractivity contribution in [2.45, 2.75) is 45.3 Å². The SMILES string of the molecule is CC(C)(C)OC(=O)N1CCC(n2cnc(C#N)n2)CC1. The summed E-state index contributed by atoms with van der Waals surface area (Å²) in [7, 11) is 0. The van der Waals surface area contributed by atoms with Crippen LogP contribution in [0.2, 0.25) is 0 Å². The maximum absolute atomic E-state index is 11.9. The average molecular weight is 277 g/mol. The molecule has 7 heteroatoms. The number of ether oxygens (including phenoxy) is 1. The molecule has 7 nitrogen and oxygen atoms in total. The molecule has 0 saturated carbocycles. The van der Waals surface area contributed by atoms with E-state index >= 15 is 0 Å². The van der Waals surface area contributed by atoms with Gasteiger partial charge in [-0.2, -0.15) is 5.26 Å². The van der Waals surface area contributed by atoms with Crippen molar-refractivity contribution in [3.63, 3.8) is 0 Å². The molecule has 1 aromatic heterocycles. The highest BCUT2D eigenvalue weighted by Gasteiger charge is 2.27. The average Bonchev–Trinajstić information content (AvgIpc) is 2.85. The number of aromatic nitrogens is 3. The van der Waals surface area contributed by atoms with Crippen molar-refractivity contribution < 1.29 is 9.53 Å². The van der Waals surface area contributed by atoms with E-state index < -0.39 is 5.60 Å². The molecule has 1 amide bonds. The number of hydrogen-bond donors (Lipinski definition) is 0. The van der Waals surface area contributed by atoms with Gasteiger partial charge in [-0.1, -0.05) is 0 Å². The number of piperidine rings is 1. The first kappa shape index (κ1) is 14.3. The highest BCUT2D eigenvalue weighted by atomic mass is 16.6. The van der Waals surface area contributed by atoms with Crippen LogP contribution in [0, 0.1) is 11.3 Å². The lowest BCUT2D eigenvalue weighted by atomic mass is 10.1. The first-order chi connectivity index (χ1) is 9.39. The Morgan fingerprint density at radius 1 is 1.45 bits per heavy atom. The lowest BCUT2D eigenvalue weighted by molar-refractivity contribution is 0.0184. The Hall–Kier alpha value is -2.10. The maximum Gasteiger partial charge on any atom is 0.410 e. The molecule has 2 rings (SSSR count). The quantitative estimate of drug-likeness (QED) is 0.780. The van der Waals surface area contributed by atoms with E-state index in [1.165, 1.54) is 0 Å². The first-order valence-corrected chi connectivity index (χ1v) is 6.68. The van der Waals surface area contributed by atoms with Gasteiger partial charge in [0.15, 0.2) is 0 Å². The summed E-state index contributed by atoms with van der Waals surface area (Å²) in [6, 6.07) is 2.10. The molecule has 2 heterocycles. The molecule has 1 fully saturated rings. The number of amides is 1. The van der Waals surface area contributed by atoms with Gasteiger partial charge in [-0.25, -0.2) is 14.5 Å². The van der Waals surface area contributed by atoms with Crippen LogP contribution in [-0.2, 0) is 4.74 Å². The van der Waals surface area contributed by atoms with Gasteiger partial charge < -0.3 is 9.64 Å². The Balaban J connectivity index is 1.89. The maximum atomic E-state index is 11.9. The minimum absolute atomic E-state index is 0.180. The second-order valence-electron chi connectivity index (χ2n) is 5.86. The number of carbonyl (C=O) groups excluding carboxylic acids is 1. The third-order valence-corrected chi connectivity index (χ3v) is 3.10. The molecule has 20 heavy (non-hydrogen) atoms. The fourth-order valence-corrected chi connectivity index (χ4v) is 2.14. The van der Waals surface area contributed by atoms with Gasteiger partial charge in [0, 0.05) is 13.1 Å². The van der Waals surface area contributed by atoms with E-state index in [4.69, 9.17) is 10.00 Å². The minimum atomic E-state index is -0.471. The van der Waals surface area contributed by atoms with E-state index in [1.54, 1.807) is 15.9 Å². The predicted octanol–water partition coefficient (Wildman–Crippen LogP) is 1.72. The number of likely N-dealkylation sites (tertiary alicyclic amines) is 1. The van der Waals surface area contributed by atoms with Gasteiger partial charge in [-0.15, -0.1) is 5.10 Å². The molecule has 0 atom stereocenters. The lowest BCUT2D eigenvalue weighted by Gasteiger charge is -2.33. The predicted molar refractivity (Wildman–Crippen MR) is 70.8 cm³/mol. The monoisotopic (exact) mass is 277 g/mol. The summed E-state index contributed by atoms with van der Waals surface area (Å²) in [5, 5.41) is 12.8. The summed E-state index contributed by atoms with van der Waals surface area (Å²) in [6.45, 7) is 6.83.